The topological polar surface area (TPSA) is 97.1 Å². The zero-order chi connectivity index (χ0) is 18.8. The molecule has 0 aliphatic heterocycles. The van der Waals surface area contributed by atoms with Gasteiger partial charge in [-0.1, -0.05) is 5.16 Å². The van der Waals surface area contributed by atoms with E-state index in [2.05, 4.69) is 20.2 Å². The maximum atomic E-state index is 14.1. The summed E-state index contributed by atoms with van der Waals surface area (Å²) >= 11 is 0. The van der Waals surface area contributed by atoms with Crippen LogP contribution in [0.2, 0.25) is 0 Å². The summed E-state index contributed by atoms with van der Waals surface area (Å²) in [5.74, 6) is -0.215. The number of halogens is 1. The summed E-state index contributed by atoms with van der Waals surface area (Å²) < 4.78 is 46.5. The molecule has 9 heteroatoms. The monoisotopic (exact) mass is 370 g/mol. The van der Waals surface area contributed by atoms with Crippen LogP contribution in [0.3, 0.4) is 0 Å². The average Bonchev–Trinajstić information content (AvgIpc) is 2.93. The van der Waals surface area contributed by atoms with E-state index < -0.39 is 26.3 Å². The standard InChI is InChI=1S/C16H23FN4O3S/c1-10(18-5)8-14-19-15(24-20-14)11-6-7-12(17)13(9-11)25(22,23)21-16(2,3)4/h6-7,9-10,18,21H,8H2,1-5H3. The normalized spacial score (nSPS) is 13.8. The van der Waals surface area contributed by atoms with Gasteiger partial charge in [0.25, 0.3) is 5.89 Å². The van der Waals surface area contributed by atoms with E-state index in [4.69, 9.17) is 4.52 Å². The number of nitrogens with one attached hydrogen (secondary N) is 2. The first-order chi connectivity index (χ1) is 11.5. The summed E-state index contributed by atoms with van der Waals surface area (Å²) in [6.07, 6.45) is 0.554. The Balaban J connectivity index is 2.36. The third-order valence-electron chi connectivity index (χ3n) is 3.36. The van der Waals surface area contributed by atoms with Crippen LogP contribution in [0.25, 0.3) is 11.5 Å². The van der Waals surface area contributed by atoms with Crippen molar-refractivity contribution in [2.45, 2.75) is 50.6 Å². The molecule has 1 atom stereocenters. The predicted octanol–water partition coefficient (Wildman–Crippen LogP) is 2.10. The molecule has 1 aromatic carbocycles. The van der Waals surface area contributed by atoms with Crippen LogP contribution in [0, 0.1) is 5.82 Å². The van der Waals surface area contributed by atoms with Crippen LogP contribution in [0.15, 0.2) is 27.6 Å². The van der Waals surface area contributed by atoms with Crippen molar-refractivity contribution in [1.82, 2.24) is 20.2 Å². The van der Waals surface area contributed by atoms with Gasteiger partial charge in [-0.25, -0.2) is 17.5 Å². The lowest BCUT2D eigenvalue weighted by Crippen LogP contribution is -2.40. The number of nitrogens with zero attached hydrogens (tertiary/aromatic N) is 2. The fourth-order valence-electron chi connectivity index (χ4n) is 2.13. The Morgan fingerprint density at radius 3 is 2.60 bits per heavy atom. The Labute approximate surface area is 147 Å². The first-order valence-corrected chi connectivity index (χ1v) is 9.34. The highest BCUT2D eigenvalue weighted by molar-refractivity contribution is 7.89. The summed E-state index contributed by atoms with van der Waals surface area (Å²) in [4.78, 5) is 3.79. The molecule has 2 N–H and O–H groups in total. The van der Waals surface area contributed by atoms with Crippen LogP contribution in [0.4, 0.5) is 4.39 Å². The van der Waals surface area contributed by atoms with Gasteiger partial charge in [-0.05, 0) is 52.9 Å². The molecule has 0 saturated heterocycles. The number of aromatic nitrogens is 2. The van der Waals surface area contributed by atoms with Gasteiger partial charge in [0.15, 0.2) is 5.82 Å². The maximum Gasteiger partial charge on any atom is 0.257 e. The second-order valence-electron chi connectivity index (χ2n) is 6.91. The number of benzene rings is 1. The fourth-order valence-corrected chi connectivity index (χ4v) is 3.65. The lowest BCUT2D eigenvalue weighted by Gasteiger charge is -2.20. The predicted molar refractivity (Wildman–Crippen MR) is 92.0 cm³/mol. The molecule has 138 valence electrons. The molecule has 2 aromatic rings. The number of hydrogen-bond donors (Lipinski definition) is 2. The third kappa shape index (κ3) is 5.07. The Morgan fingerprint density at radius 1 is 1.32 bits per heavy atom. The van der Waals surface area contributed by atoms with Gasteiger partial charge in [0, 0.05) is 23.6 Å². The maximum absolute atomic E-state index is 14.1. The largest absolute Gasteiger partial charge is 0.334 e. The van der Waals surface area contributed by atoms with Crippen LogP contribution in [-0.2, 0) is 16.4 Å². The van der Waals surface area contributed by atoms with Crippen molar-refractivity contribution in [3.05, 3.63) is 29.8 Å². The number of hydrogen-bond acceptors (Lipinski definition) is 6. The molecule has 1 aromatic heterocycles. The molecule has 0 amide bonds. The molecule has 0 radical (unpaired) electrons. The molecule has 1 unspecified atom stereocenters. The highest BCUT2D eigenvalue weighted by Crippen LogP contribution is 2.24. The molecule has 7 nitrogen and oxygen atoms in total. The Hall–Kier alpha value is -1.84. The Morgan fingerprint density at radius 2 is 2.00 bits per heavy atom. The second kappa shape index (κ2) is 7.19. The smallest absolute Gasteiger partial charge is 0.257 e. The molecule has 0 bridgehead atoms. The van der Waals surface area contributed by atoms with Crippen LogP contribution in [0.1, 0.15) is 33.5 Å². The fraction of sp³-hybridized carbons (Fsp3) is 0.500. The van der Waals surface area contributed by atoms with Crippen molar-refractivity contribution in [2.75, 3.05) is 7.05 Å². The van der Waals surface area contributed by atoms with Crippen molar-refractivity contribution in [1.29, 1.82) is 0 Å². The van der Waals surface area contributed by atoms with E-state index in [0.717, 1.165) is 6.07 Å². The van der Waals surface area contributed by atoms with Gasteiger partial charge in [0.1, 0.15) is 10.7 Å². The van der Waals surface area contributed by atoms with Gasteiger partial charge in [-0.3, -0.25) is 0 Å². The minimum Gasteiger partial charge on any atom is -0.334 e. The summed E-state index contributed by atoms with van der Waals surface area (Å²) in [5, 5.41) is 6.93. The van der Waals surface area contributed by atoms with Crippen LogP contribution < -0.4 is 10.0 Å². The van der Waals surface area contributed by atoms with Crippen LogP contribution >= 0.6 is 0 Å². The van der Waals surface area contributed by atoms with Crippen molar-refractivity contribution in [3.63, 3.8) is 0 Å². The number of rotatable bonds is 6. The van der Waals surface area contributed by atoms with E-state index in [9.17, 15) is 12.8 Å². The van der Waals surface area contributed by atoms with Crippen LogP contribution in [0.5, 0.6) is 0 Å². The van der Waals surface area contributed by atoms with E-state index >= 15 is 0 Å². The van der Waals surface area contributed by atoms with Gasteiger partial charge in [-0.2, -0.15) is 4.98 Å². The van der Waals surface area contributed by atoms with E-state index in [0.29, 0.717) is 17.8 Å². The molecule has 0 saturated carbocycles. The van der Waals surface area contributed by atoms with Crippen molar-refractivity contribution in [3.8, 4) is 11.5 Å². The number of likely N-dealkylation sites (N-methyl/N-ethyl adjacent to an activating group) is 1. The minimum atomic E-state index is -4.02. The molecule has 0 fully saturated rings. The van der Waals surface area contributed by atoms with Crippen molar-refractivity contribution < 1.29 is 17.3 Å². The highest BCUT2D eigenvalue weighted by Gasteiger charge is 2.26. The molecule has 0 spiro atoms. The third-order valence-corrected chi connectivity index (χ3v) is 5.13. The number of sulfonamides is 1. The second-order valence-corrected chi connectivity index (χ2v) is 8.56. The van der Waals surface area contributed by atoms with Gasteiger partial charge in [0.05, 0.1) is 0 Å². The molecule has 0 aliphatic rings. The molecule has 0 aliphatic carbocycles. The molecule has 25 heavy (non-hydrogen) atoms. The van der Waals surface area contributed by atoms with Gasteiger partial charge < -0.3 is 9.84 Å². The van der Waals surface area contributed by atoms with E-state index in [-0.39, 0.29) is 11.9 Å². The lowest BCUT2D eigenvalue weighted by atomic mass is 10.1. The Kier molecular flexibility index (Phi) is 5.60. The van der Waals surface area contributed by atoms with Gasteiger partial charge in [-0.15, -0.1) is 0 Å². The minimum absolute atomic E-state index is 0.144. The van der Waals surface area contributed by atoms with E-state index in [1.165, 1.54) is 12.1 Å². The lowest BCUT2D eigenvalue weighted by molar-refractivity contribution is 0.418. The summed E-state index contributed by atoms with van der Waals surface area (Å²) in [6, 6.07) is 3.84. The van der Waals surface area contributed by atoms with Crippen LogP contribution in [-0.4, -0.2) is 37.2 Å². The molecular formula is C16H23FN4O3S. The SMILES string of the molecule is CNC(C)Cc1noc(-c2ccc(F)c(S(=O)(=O)NC(C)(C)C)c2)n1. The van der Waals surface area contributed by atoms with Gasteiger partial charge in [0.2, 0.25) is 10.0 Å². The van der Waals surface area contributed by atoms with E-state index in [1.807, 2.05) is 14.0 Å². The first kappa shape index (κ1) is 19.5. The summed E-state index contributed by atoms with van der Waals surface area (Å²) in [7, 11) is -2.20. The zero-order valence-electron chi connectivity index (χ0n) is 14.9. The molecular weight excluding hydrogens is 347 g/mol. The quantitative estimate of drug-likeness (QED) is 0.808. The van der Waals surface area contributed by atoms with E-state index in [1.54, 1.807) is 20.8 Å². The summed E-state index contributed by atoms with van der Waals surface area (Å²) in [6.45, 7) is 7.01. The van der Waals surface area contributed by atoms with Crippen molar-refractivity contribution >= 4 is 10.0 Å². The average molecular weight is 370 g/mol. The Bertz CT molecular complexity index is 843. The molecule has 1 heterocycles. The highest BCUT2D eigenvalue weighted by atomic mass is 32.2. The van der Waals surface area contributed by atoms with Crippen molar-refractivity contribution in [2.24, 2.45) is 0 Å². The zero-order valence-corrected chi connectivity index (χ0v) is 15.7. The molecule has 2 rings (SSSR count). The first-order valence-electron chi connectivity index (χ1n) is 7.85. The van der Waals surface area contributed by atoms with Gasteiger partial charge >= 0.3 is 0 Å². The summed E-state index contributed by atoms with van der Waals surface area (Å²) in [5.41, 5.74) is -0.395.